The number of rotatable bonds is 6. The molecule has 0 radical (unpaired) electrons. The second-order valence-corrected chi connectivity index (χ2v) is 7.14. The number of hydrogen-bond donors (Lipinski definition) is 3. The molecule has 140 valence electrons. The Morgan fingerprint density at radius 3 is 2.96 bits per heavy atom. The number of piperidine rings is 1. The number of methoxy groups -OCH3 is 1. The van der Waals surface area contributed by atoms with Crippen LogP contribution >= 0.6 is 0 Å². The average molecular weight is 358 g/mol. The van der Waals surface area contributed by atoms with Crippen molar-refractivity contribution >= 4 is 0 Å². The largest absolute Gasteiger partial charge is 0.390 e. The van der Waals surface area contributed by atoms with Crippen LogP contribution in [-0.2, 0) is 23.1 Å². The van der Waals surface area contributed by atoms with E-state index in [-0.39, 0.29) is 11.5 Å². The second kappa shape index (κ2) is 7.44. The van der Waals surface area contributed by atoms with Crippen LogP contribution in [0.1, 0.15) is 41.7 Å². The minimum Gasteiger partial charge on any atom is -0.390 e. The van der Waals surface area contributed by atoms with Gasteiger partial charge in [-0.15, -0.1) is 0 Å². The number of benzene rings is 1. The van der Waals surface area contributed by atoms with Crippen LogP contribution in [-0.4, -0.2) is 48.2 Å². The molecule has 7 heteroatoms. The lowest BCUT2D eigenvalue weighted by Gasteiger charge is -2.39. The highest BCUT2D eigenvalue weighted by atomic mass is 16.5. The van der Waals surface area contributed by atoms with Crippen molar-refractivity contribution in [3.63, 3.8) is 0 Å². The number of ether oxygens (including phenoxy) is 1. The van der Waals surface area contributed by atoms with E-state index in [1.807, 2.05) is 6.07 Å². The van der Waals surface area contributed by atoms with Gasteiger partial charge in [-0.3, -0.25) is 5.32 Å². The molecule has 1 aliphatic heterocycles. The Bertz CT molecular complexity index is 742. The van der Waals surface area contributed by atoms with Crippen LogP contribution in [0.15, 0.2) is 28.8 Å². The summed E-state index contributed by atoms with van der Waals surface area (Å²) in [7, 11) is 1.65. The summed E-state index contributed by atoms with van der Waals surface area (Å²) in [5.41, 5.74) is 2.29. The van der Waals surface area contributed by atoms with Gasteiger partial charge in [-0.25, -0.2) is 0 Å². The van der Waals surface area contributed by atoms with Gasteiger partial charge in [0.25, 0.3) is 0 Å². The molecule has 2 heterocycles. The molecule has 0 bridgehead atoms. The van der Waals surface area contributed by atoms with Crippen molar-refractivity contribution in [3.8, 4) is 0 Å². The quantitative estimate of drug-likeness (QED) is 0.712. The standard InChI is InChI=1S/C19H26N4O3/c1-25-11-6-15-22-16(26-23-15)12-21-17-13-4-2-3-5-14(13)19(18(17)24)7-9-20-10-8-19/h2-5,17-18,20-21,24H,6-12H2,1H3/t17-,18+/m0/s1. The molecule has 1 aromatic carbocycles. The summed E-state index contributed by atoms with van der Waals surface area (Å²) in [5, 5.41) is 22.0. The zero-order valence-corrected chi connectivity index (χ0v) is 15.1. The smallest absolute Gasteiger partial charge is 0.240 e. The first kappa shape index (κ1) is 17.6. The van der Waals surface area contributed by atoms with Gasteiger partial charge in [0.15, 0.2) is 5.82 Å². The zero-order valence-electron chi connectivity index (χ0n) is 15.1. The Hall–Kier alpha value is -1.80. The fourth-order valence-electron chi connectivity index (χ4n) is 4.38. The van der Waals surface area contributed by atoms with Crippen LogP contribution in [0.3, 0.4) is 0 Å². The summed E-state index contributed by atoms with van der Waals surface area (Å²) in [6, 6.07) is 8.26. The number of nitrogens with zero attached hydrogens (tertiary/aromatic N) is 2. The predicted molar refractivity (Wildman–Crippen MR) is 95.7 cm³/mol. The number of aliphatic hydroxyl groups is 1. The normalized spacial score (nSPS) is 24.1. The Balaban J connectivity index is 1.50. The number of aromatic nitrogens is 2. The SMILES string of the molecule is COCCc1noc(CN[C@H]2c3ccccc3C3(CCNCC3)[C@@H]2O)n1. The molecule has 2 aromatic rings. The number of fused-ring (bicyclic) bond motifs is 2. The summed E-state index contributed by atoms with van der Waals surface area (Å²) < 4.78 is 10.3. The lowest BCUT2D eigenvalue weighted by Crippen LogP contribution is -2.47. The third kappa shape index (κ3) is 3.05. The van der Waals surface area contributed by atoms with E-state index in [1.54, 1.807) is 7.11 Å². The van der Waals surface area contributed by atoms with Crippen LogP contribution < -0.4 is 10.6 Å². The third-order valence-corrected chi connectivity index (χ3v) is 5.72. The lowest BCUT2D eigenvalue weighted by molar-refractivity contribution is 0.0431. The Morgan fingerprint density at radius 1 is 1.35 bits per heavy atom. The minimum atomic E-state index is -0.460. The summed E-state index contributed by atoms with van der Waals surface area (Å²) in [5.74, 6) is 1.18. The van der Waals surface area contributed by atoms with E-state index in [0.29, 0.717) is 31.3 Å². The number of nitrogens with one attached hydrogen (secondary N) is 2. The Labute approximate surface area is 153 Å². The van der Waals surface area contributed by atoms with Crippen molar-refractivity contribution in [2.24, 2.45) is 0 Å². The van der Waals surface area contributed by atoms with E-state index in [2.05, 4.69) is 39.0 Å². The van der Waals surface area contributed by atoms with Gasteiger partial charge in [0.2, 0.25) is 5.89 Å². The molecule has 1 saturated heterocycles. The van der Waals surface area contributed by atoms with E-state index < -0.39 is 6.10 Å². The maximum atomic E-state index is 11.2. The summed E-state index contributed by atoms with van der Waals surface area (Å²) in [6.07, 6.45) is 2.07. The van der Waals surface area contributed by atoms with Gasteiger partial charge in [-0.2, -0.15) is 4.98 Å². The molecule has 26 heavy (non-hydrogen) atoms. The lowest BCUT2D eigenvalue weighted by atomic mass is 9.72. The highest BCUT2D eigenvalue weighted by Crippen LogP contribution is 2.50. The van der Waals surface area contributed by atoms with Gasteiger partial charge in [-0.05, 0) is 37.1 Å². The molecule has 0 amide bonds. The molecule has 2 aliphatic rings. The Kier molecular flexibility index (Phi) is 5.04. The van der Waals surface area contributed by atoms with Gasteiger partial charge in [-0.1, -0.05) is 29.4 Å². The molecule has 1 aliphatic carbocycles. The first-order valence-corrected chi connectivity index (χ1v) is 9.26. The van der Waals surface area contributed by atoms with E-state index in [9.17, 15) is 5.11 Å². The van der Waals surface area contributed by atoms with Gasteiger partial charge >= 0.3 is 0 Å². The fourth-order valence-corrected chi connectivity index (χ4v) is 4.38. The summed E-state index contributed by atoms with van der Waals surface area (Å²) in [4.78, 5) is 4.38. The average Bonchev–Trinajstić information content (AvgIpc) is 3.22. The maximum Gasteiger partial charge on any atom is 0.240 e. The van der Waals surface area contributed by atoms with Crippen molar-refractivity contribution in [2.75, 3.05) is 26.8 Å². The van der Waals surface area contributed by atoms with Crippen molar-refractivity contribution < 1.29 is 14.4 Å². The molecule has 3 N–H and O–H groups in total. The van der Waals surface area contributed by atoms with Gasteiger partial charge in [0, 0.05) is 18.9 Å². The fraction of sp³-hybridized carbons (Fsp3) is 0.579. The molecule has 1 aromatic heterocycles. The highest BCUT2D eigenvalue weighted by molar-refractivity contribution is 5.45. The molecule has 1 spiro atoms. The topological polar surface area (TPSA) is 92.4 Å². The van der Waals surface area contributed by atoms with Crippen LogP contribution in [0.4, 0.5) is 0 Å². The first-order valence-electron chi connectivity index (χ1n) is 9.26. The van der Waals surface area contributed by atoms with E-state index in [0.717, 1.165) is 25.9 Å². The van der Waals surface area contributed by atoms with E-state index in [4.69, 9.17) is 9.26 Å². The molecule has 0 unspecified atom stereocenters. The molecule has 7 nitrogen and oxygen atoms in total. The van der Waals surface area contributed by atoms with Crippen molar-refractivity contribution in [1.29, 1.82) is 0 Å². The van der Waals surface area contributed by atoms with Gasteiger partial charge in [0.1, 0.15) is 0 Å². The predicted octanol–water partition coefficient (Wildman–Crippen LogP) is 1.09. The Morgan fingerprint density at radius 2 is 2.15 bits per heavy atom. The zero-order chi connectivity index (χ0) is 18.0. The second-order valence-electron chi connectivity index (χ2n) is 7.14. The van der Waals surface area contributed by atoms with Crippen LogP contribution in [0.2, 0.25) is 0 Å². The monoisotopic (exact) mass is 358 g/mol. The van der Waals surface area contributed by atoms with E-state index in [1.165, 1.54) is 11.1 Å². The summed E-state index contributed by atoms with van der Waals surface area (Å²) in [6.45, 7) is 2.87. The van der Waals surface area contributed by atoms with Crippen LogP contribution in [0.5, 0.6) is 0 Å². The van der Waals surface area contributed by atoms with Gasteiger partial charge < -0.3 is 19.7 Å². The van der Waals surface area contributed by atoms with Crippen molar-refractivity contribution in [3.05, 3.63) is 47.1 Å². The number of hydrogen-bond acceptors (Lipinski definition) is 7. The van der Waals surface area contributed by atoms with Crippen molar-refractivity contribution in [1.82, 2.24) is 20.8 Å². The molecule has 1 fully saturated rings. The third-order valence-electron chi connectivity index (χ3n) is 5.72. The van der Waals surface area contributed by atoms with Gasteiger partial charge in [0.05, 0.1) is 25.3 Å². The molecular weight excluding hydrogens is 332 g/mol. The van der Waals surface area contributed by atoms with Crippen molar-refractivity contribution in [2.45, 2.75) is 43.4 Å². The van der Waals surface area contributed by atoms with Crippen LogP contribution in [0, 0.1) is 0 Å². The molecule has 0 saturated carbocycles. The highest BCUT2D eigenvalue weighted by Gasteiger charge is 2.51. The molecular formula is C19H26N4O3. The molecule has 2 atom stereocenters. The van der Waals surface area contributed by atoms with Crippen LogP contribution in [0.25, 0.3) is 0 Å². The number of aliphatic hydroxyl groups excluding tert-OH is 1. The molecule has 4 rings (SSSR count). The summed E-state index contributed by atoms with van der Waals surface area (Å²) >= 11 is 0. The maximum absolute atomic E-state index is 11.2. The van der Waals surface area contributed by atoms with E-state index >= 15 is 0 Å². The minimum absolute atomic E-state index is 0.126. The first-order chi connectivity index (χ1) is 12.7.